The normalized spacial score (nSPS) is 14.5. The second-order valence-corrected chi connectivity index (χ2v) is 6.27. The molecule has 0 aliphatic heterocycles. The summed E-state index contributed by atoms with van der Waals surface area (Å²) in [6.45, 7) is 0. The summed E-state index contributed by atoms with van der Waals surface area (Å²) < 4.78 is 1.74. The number of carbonyl (C=O) groups excluding carboxylic acids is 1. The van der Waals surface area contributed by atoms with Crippen molar-refractivity contribution in [3.63, 3.8) is 0 Å². The van der Waals surface area contributed by atoms with E-state index in [0.717, 1.165) is 34.9 Å². The lowest BCUT2D eigenvalue weighted by molar-refractivity contribution is -0.115. The van der Waals surface area contributed by atoms with Gasteiger partial charge in [0.25, 0.3) is 0 Å². The van der Waals surface area contributed by atoms with Crippen LogP contribution in [0.5, 0.6) is 0 Å². The van der Waals surface area contributed by atoms with E-state index in [1.165, 1.54) is 0 Å². The minimum Gasteiger partial charge on any atom is -0.323 e. The maximum atomic E-state index is 12.1. The van der Waals surface area contributed by atoms with Crippen LogP contribution in [0.1, 0.15) is 29.5 Å². The first kappa shape index (κ1) is 12.5. The standard InChI is InChI=1S/C15H14N4OS/c20-13(9-11-3-2-8-21-11)16-12-4-1-7-19-15(12)17-14(18-19)10-5-6-10/h1-4,7-8,10H,5-6,9H2,(H,16,20). The molecule has 5 nitrogen and oxygen atoms in total. The van der Waals surface area contributed by atoms with Crippen molar-refractivity contribution in [3.05, 3.63) is 46.5 Å². The van der Waals surface area contributed by atoms with Gasteiger partial charge < -0.3 is 5.32 Å². The van der Waals surface area contributed by atoms with Crippen LogP contribution in [0, 0.1) is 0 Å². The smallest absolute Gasteiger partial charge is 0.229 e. The Labute approximate surface area is 125 Å². The van der Waals surface area contributed by atoms with Crippen LogP contribution in [-0.4, -0.2) is 20.5 Å². The van der Waals surface area contributed by atoms with E-state index < -0.39 is 0 Å². The number of pyridine rings is 1. The fourth-order valence-electron chi connectivity index (χ4n) is 2.30. The predicted octanol–water partition coefficient (Wildman–Crippen LogP) is 2.85. The molecule has 0 radical (unpaired) electrons. The average Bonchev–Trinajstić information content (AvgIpc) is 3.02. The number of rotatable bonds is 4. The number of hydrogen-bond acceptors (Lipinski definition) is 4. The van der Waals surface area contributed by atoms with Gasteiger partial charge in [0.05, 0.1) is 12.1 Å². The second-order valence-electron chi connectivity index (χ2n) is 5.24. The second kappa shape index (κ2) is 4.96. The molecule has 0 aromatic carbocycles. The number of amides is 1. The first-order chi connectivity index (χ1) is 10.3. The molecule has 6 heteroatoms. The molecule has 0 atom stereocenters. The number of nitrogens with zero attached hydrogens (tertiary/aromatic N) is 3. The van der Waals surface area contributed by atoms with E-state index in [1.807, 2.05) is 35.8 Å². The number of carbonyl (C=O) groups is 1. The Hall–Kier alpha value is -2.21. The maximum Gasteiger partial charge on any atom is 0.229 e. The van der Waals surface area contributed by atoms with Crippen molar-refractivity contribution < 1.29 is 4.79 Å². The zero-order valence-corrected chi connectivity index (χ0v) is 12.1. The third-order valence-corrected chi connectivity index (χ3v) is 4.39. The summed E-state index contributed by atoms with van der Waals surface area (Å²) in [5.41, 5.74) is 1.44. The Morgan fingerprint density at radius 3 is 3.05 bits per heavy atom. The van der Waals surface area contributed by atoms with E-state index >= 15 is 0 Å². The van der Waals surface area contributed by atoms with Crippen LogP contribution >= 0.6 is 11.3 Å². The Morgan fingerprint density at radius 2 is 2.29 bits per heavy atom. The van der Waals surface area contributed by atoms with Gasteiger partial charge in [0.2, 0.25) is 5.91 Å². The molecule has 1 fully saturated rings. The number of hydrogen-bond donors (Lipinski definition) is 1. The van der Waals surface area contributed by atoms with Crippen molar-refractivity contribution in [2.75, 3.05) is 5.32 Å². The molecule has 0 saturated heterocycles. The van der Waals surface area contributed by atoms with Gasteiger partial charge in [0, 0.05) is 17.0 Å². The summed E-state index contributed by atoms with van der Waals surface area (Å²) in [6, 6.07) is 7.66. The van der Waals surface area contributed by atoms with Crippen molar-refractivity contribution in [1.82, 2.24) is 14.6 Å². The molecular formula is C15H14N4OS. The molecule has 1 saturated carbocycles. The summed E-state index contributed by atoms with van der Waals surface area (Å²) in [6.07, 6.45) is 4.58. The van der Waals surface area contributed by atoms with Crippen LogP contribution in [-0.2, 0) is 11.2 Å². The van der Waals surface area contributed by atoms with Gasteiger partial charge in [-0.1, -0.05) is 6.07 Å². The topological polar surface area (TPSA) is 59.3 Å². The van der Waals surface area contributed by atoms with Gasteiger partial charge in [0.1, 0.15) is 0 Å². The minimum absolute atomic E-state index is 0.0264. The predicted molar refractivity (Wildman–Crippen MR) is 81.6 cm³/mol. The molecule has 3 aromatic heterocycles. The highest BCUT2D eigenvalue weighted by atomic mass is 32.1. The van der Waals surface area contributed by atoms with Gasteiger partial charge in [-0.15, -0.1) is 11.3 Å². The lowest BCUT2D eigenvalue weighted by atomic mass is 10.3. The van der Waals surface area contributed by atoms with E-state index in [9.17, 15) is 4.79 Å². The molecule has 106 valence electrons. The molecule has 1 aliphatic carbocycles. The summed E-state index contributed by atoms with van der Waals surface area (Å²) >= 11 is 1.59. The molecule has 1 amide bonds. The van der Waals surface area contributed by atoms with Crippen molar-refractivity contribution in [1.29, 1.82) is 0 Å². The van der Waals surface area contributed by atoms with Crippen molar-refractivity contribution in [3.8, 4) is 0 Å². The number of fused-ring (bicyclic) bond motifs is 1. The monoisotopic (exact) mass is 298 g/mol. The SMILES string of the molecule is O=C(Cc1cccs1)Nc1cccn2nc(C3CC3)nc12. The van der Waals surface area contributed by atoms with E-state index in [1.54, 1.807) is 15.9 Å². The highest BCUT2D eigenvalue weighted by Crippen LogP contribution is 2.38. The molecule has 0 bridgehead atoms. The van der Waals surface area contributed by atoms with E-state index in [4.69, 9.17) is 0 Å². The van der Waals surface area contributed by atoms with Crippen molar-refractivity contribution >= 4 is 28.6 Å². The van der Waals surface area contributed by atoms with Crippen LogP contribution in [0.3, 0.4) is 0 Å². The third-order valence-electron chi connectivity index (χ3n) is 3.51. The van der Waals surface area contributed by atoms with Gasteiger partial charge >= 0.3 is 0 Å². The highest BCUT2D eigenvalue weighted by Gasteiger charge is 2.28. The van der Waals surface area contributed by atoms with Crippen LogP contribution < -0.4 is 5.32 Å². The summed E-state index contributed by atoms with van der Waals surface area (Å²) in [5.74, 6) is 1.36. The van der Waals surface area contributed by atoms with Crippen LogP contribution in [0.25, 0.3) is 5.65 Å². The lowest BCUT2D eigenvalue weighted by Crippen LogP contribution is -2.14. The fourth-order valence-corrected chi connectivity index (χ4v) is 3.00. The fraction of sp³-hybridized carbons (Fsp3) is 0.267. The average molecular weight is 298 g/mol. The summed E-state index contributed by atoms with van der Waals surface area (Å²) in [7, 11) is 0. The minimum atomic E-state index is -0.0264. The molecule has 4 rings (SSSR count). The zero-order valence-electron chi connectivity index (χ0n) is 11.3. The quantitative estimate of drug-likeness (QED) is 0.805. The van der Waals surface area contributed by atoms with Crippen LogP contribution in [0.15, 0.2) is 35.8 Å². The number of thiophene rings is 1. The first-order valence-electron chi connectivity index (χ1n) is 6.97. The van der Waals surface area contributed by atoms with E-state index in [2.05, 4.69) is 15.4 Å². The largest absolute Gasteiger partial charge is 0.323 e. The van der Waals surface area contributed by atoms with Gasteiger partial charge in [-0.25, -0.2) is 9.50 Å². The van der Waals surface area contributed by atoms with Crippen molar-refractivity contribution in [2.45, 2.75) is 25.2 Å². The highest BCUT2D eigenvalue weighted by molar-refractivity contribution is 7.10. The zero-order chi connectivity index (χ0) is 14.2. The molecule has 1 N–H and O–H groups in total. The molecular weight excluding hydrogens is 284 g/mol. The molecule has 1 aliphatic rings. The van der Waals surface area contributed by atoms with Gasteiger partial charge in [-0.2, -0.15) is 5.10 Å². The molecule has 0 spiro atoms. The van der Waals surface area contributed by atoms with Gasteiger partial charge in [-0.05, 0) is 36.4 Å². The van der Waals surface area contributed by atoms with Crippen molar-refractivity contribution in [2.24, 2.45) is 0 Å². The Balaban J connectivity index is 1.59. The van der Waals surface area contributed by atoms with E-state index in [-0.39, 0.29) is 5.91 Å². The first-order valence-corrected chi connectivity index (χ1v) is 7.85. The van der Waals surface area contributed by atoms with Gasteiger partial charge in [0.15, 0.2) is 11.5 Å². The lowest BCUT2D eigenvalue weighted by Gasteiger charge is -2.04. The number of anilines is 1. The third kappa shape index (κ3) is 2.54. The number of aromatic nitrogens is 3. The Morgan fingerprint density at radius 1 is 1.38 bits per heavy atom. The molecule has 0 unspecified atom stereocenters. The van der Waals surface area contributed by atoms with Crippen LogP contribution in [0.4, 0.5) is 5.69 Å². The van der Waals surface area contributed by atoms with E-state index in [0.29, 0.717) is 12.3 Å². The van der Waals surface area contributed by atoms with Crippen LogP contribution in [0.2, 0.25) is 0 Å². The molecule has 21 heavy (non-hydrogen) atoms. The Bertz CT molecular complexity index is 789. The molecule has 3 heterocycles. The summed E-state index contributed by atoms with van der Waals surface area (Å²) in [4.78, 5) is 17.7. The molecule has 3 aromatic rings. The number of nitrogens with one attached hydrogen (secondary N) is 1. The summed E-state index contributed by atoms with van der Waals surface area (Å²) in [5, 5.41) is 9.39. The maximum absolute atomic E-state index is 12.1. The van der Waals surface area contributed by atoms with Gasteiger partial charge in [-0.3, -0.25) is 4.79 Å². The Kier molecular flexibility index (Phi) is 2.96.